The Morgan fingerprint density at radius 1 is 1.24 bits per heavy atom. The molecular formula is C11H25NO4S. The zero-order valence-corrected chi connectivity index (χ0v) is 11.8. The fraction of sp³-hybridized carbons (Fsp3) is 1.00. The van der Waals surface area contributed by atoms with Crippen LogP contribution in [0.1, 0.15) is 33.6 Å². The number of ether oxygens (including phenoxy) is 1. The minimum atomic E-state index is -3.16. The molecule has 0 amide bonds. The van der Waals surface area contributed by atoms with E-state index in [9.17, 15) is 8.42 Å². The van der Waals surface area contributed by atoms with Crippen molar-refractivity contribution in [1.29, 1.82) is 0 Å². The van der Waals surface area contributed by atoms with E-state index < -0.39 is 10.0 Å². The molecule has 104 valence electrons. The van der Waals surface area contributed by atoms with E-state index in [2.05, 4.69) is 4.72 Å². The molecule has 5 nitrogen and oxygen atoms in total. The first-order chi connectivity index (χ1) is 7.77. The van der Waals surface area contributed by atoms with E-state index in [1.54, 1.807) is 0 Å². The van der Waals surface area contributed by atoms with Crippen LogP contribution in [-0.2, 0) is 14.8 Å². The number of rotatable bonds is 9. The molecule has 0 aliphatic heterocycles. The molecule has 0 unspecified atom stereocenters. The van der Waals surface area contributed by atoms with Crippen molar-refractivity contribution in [3.05, 3.63) is 0 Å². The SMILES string of the molecule is CC(C)(C)CCS(=O)(=O)NCCCOCCO. The van der Waals surface area contributed by atoms with Crippen LogP contribution in [0.25, 0.3) is 0 Å². The molecule has 2 N–H and O–H groups in total. The molecule has 0 aromatic carbocycles. The van der Waals surface area contributed by atoms with Crippen LogP contribution in [0.2, 0.25) is 0 Å². The van der Waals surface area contributed by atoms with Crippen LogP contribution in [0.4, 0.5) is 0 Å². The molecule has 0 rings (SSSR count). The normalized spacial score (nSPS) is 12.9. The number of sulfonamides is 1. The topological polar surface area (TPSA) is 75.6 Å². The molecule has 0 fully saturated rings. The summed E-state index contributed by atoms with van der Waals surface area (Å²) in [6, 6.07) is 0. The molecule has 0 atom stereocenters. The van der Waals surface area contributed by atoms with Crippen LogP contribution >= 0.6 is 0 Å². The zero-order valence-electron chi connectivity index (χ0n) is 11.0. The minimum Gasteiger partial charge on any atom is -0.394 e. The quantitative estimate of drug-likeness (QED) is 0.604. The highest BCUT2D eigenvalue weighted by atomic mass is 32.2. The van der Waals surface area contributed by atoms with Crippen LogP contribution in [0.5, 0.6) is 0 Å². The van der Waals surface area contributed by atoms with Gasteiger partial charge in [0.05, 0.1) is 19.0 Å². The lowest BCUT2D eigenvalue weighted by Crippen LogP contribution is -2.29. The average Bonchev–Trinajstić information content (AvgIpc) is 2.20. The number of hydrogen-bond acceptors (Lipinski definition) is 4. The van der Waals surface area contributed by atoms with Gasteiger partial charge in [-0.3, -0.25) is 0 Å². The van der Waals surface area contributed by atoms with Gasteiger partial charge in [-0.25, -0.2) is 13.1 Å². The molecule has 17 heavy (non-hydrogen) atoms. The summed E-state index contributed by atoms with van der Waals surface area (Å²) in [5.41, 5.74) is 0.0268. The third-order valence-electron chi connectivity index (χ3n) is 2.14. The maximum atomic E-state index is 11.6. The molecule has 0 spiro atoms. The van der Waals surface area contributed by atoms with Crippen LogP contribution < -0.4 is 4.72 Å². The van der Waals surface area contributed by atoms with Gasteiger partial charge in [0.15, 0.2) is 0 Å². The van der Waals surface area contributed by atoms with E-state index in [0.717, 1.165) is 0 Å². The Bertz CT molecular complexity index is 282. The summed E-state index contributed by atoms with van der Waals surface area (Å²) in [5, 5.41) is 8.46. The fourth-order valence-electron chi connectivity index (χ4n) is 1.08. The summed E-state index contributed by atoms with van der Waals surface area (Å²) >= 11 is 0. The Kier molecular flexibility index (Phi) is 7.94. The van der Waals surface area contributed by atoms with Gasteiger partial charge in [0.2, 0.25) is 10.0 Å². The Labute approximate surface area is 105 Å². The first-order valence-corrected chi connectivity index (χ1v) is 7.58. The van der Waals surface area contributed by atoms with E-state index in [0.29, 0.717) is 32.6 Å². The average molecular weight is 267 g/mol. The maximum absolute atomic E-state index is 11.6. The van der Waals surface area contributed by atoms with Crippen molar-refractivity contribution in [2.24, 2.45) is 5.41 Å². The monoisotopic (exact) mass is 267 g/mol. The molecule has 0 saturated carbocycles. The van der Waals surface area contributed by atoms with Gasteiger partial charge in [-0.1, -0.05) is 20.8 Å². The Hall–Kier alpha value is -0.170. The first kappa shape index (κ1) is 16.8. The molecule has 0 bridgehead atoms. The van der Waals surface area contributed by atoms with Crippen LogP contribution in [0, 0.1) is 5.41 Å². The summed E-state index contributed by atoms with van der Waals surface area (Å²) in [7, 11) is -3.16. The van der Waals surface area contributed by atoms with Crippen molar-refractivity contribution in [3.8, 4) is 0 Å². The summed E-state index contributed by atoms with van der Waals surface area (Å²) in [6.45, 7) is 7.20. The fourth-order valence-corrected chi connectivity index (χ4v) is 2.56. The molecule has 0 aromatic heterocycles. The van der Waals surface area contributed by atoms with Crippen LogP contribution in [0.15, 0.2) is 0 Å². The molecule has 0 saturated heterocycles. The van der Waals surface area contributed by atoms with Crippen molar-refractivity contribution >= 4 is 10.0 Å². The van der Waals surface area contributed by atoms with E-state index in [1.165, 1.54) is 0 Å². The van der Waals surface area contributed by atoms with Gasteiger partial charge >= 0.3 is 0 Å². The highest BCUT2D eigenvalue weighted by Crippen LogP contribution is 2.18. The van der Waals surface area contributed by atoms with Crippen LogP contribution in [-0.4, -0.2) is 45.6 Å². The third kappa shape index (κ3) is 12.1. The lowest BCUT2D eigenvalue weighted by Gasteiger charge is -2.17. The van der Waals surface area contributed by atoms with Gasteiger partial charge in [-0.05, 0) is 18.3 Å². The standard InChI is InChI=1S/C11H25NO4S/c1-11(2,3)5-10-17(14,15)12-6-4-8-16-9-7-13/h12-13H,4-10H2,1-3H3. The lowest BCUT2D eigenvalue weighted by atomic mass is 9.94. The lowest BCUT2D eigenvalue weighted by molar-refractivity contribution is 0.0913. The first-order valence-electron chi connectivity index (χ1n) is 5.93. The second-order valence-corrected chi connectivity index (χ2v) is 7.14. The molecule has 0 heterocycles. The van der Waals surface area contributed by atoms with Gasteiger partial charge < -0.3 is 9.84 Å². The number of nitrogens with one attached hydrogen (secondary N) is 1. The number of aliphatic hydroxyl groups is 1. The van der Waals surface area contributed by atoms with Gasteiger partial charge in [0.1, 0.15) is 0 Å². The second kappa shape index (κ2) is 8.02. The van der Waals surface area contributed by atoms with E-state index in [1.807, 2.05) is 20.8 Å². The van der Waals surface area contributed by atoms with Gasteiger partial charge in [0.25, 0.3) is 0 Å². The van der Waals surface area contributed by atoms with E-state index >= 15 is 0 Å². The second-order valence-electron chi connectivity index (χ2n) is 5.21. The zero-order chi connectivity index (χ0) is 13.4. The molecule has 0 radical (unpaired) electrons. The summed E-state index contributed by atoms with van der Waals surface area (Å²) in [4.78, 5) is 0. The highest BCUT2D eigenvalue weighted by Gasteiger charge is 2.16. The van der Waals surface area contributed by atoms with Crippen LogP contribution in [0.3, 0.4) is 0 Å². The maximum Gasteiger partial charge on any atom is 0.211 e. The number of aliphatic hydroxyl groups excluding tert-OH is 1. The Balaban J connectivity index is 3.65. The number of hydrogen-bond donors (Lipinski definition) is 2. The molecule has 0 aliphatic carbocycles. The third-order valence-corrected chi connectivity index (χ3v) is 3.53. The highest BCUT2D eigenvalue weighted by molar-refractivity contribution is 7.89. The predicted molar refractivity (Wildman–Crippen MR) is 68.4 cm³/mol. The Morgan fingerprint density at radius 2 is 1.88 bits per heavy atom. The van der Waals surface area contributed by atoms with Crippen molar-refractivity contribution in [3.63, 3.8) is 0 Å². The smallest absolute Gasteiger partial charge is 0.211 e. The van der Waals surface area contributed by atoms with Gasteiger partial charge in [0, 0.05) is 13.2 Å². The van der Waals surface area contributed by atoms with Crippen molar-refractivity contribution in [2.45, 2.75) is 33.6 Å². The Morgan fingerprint density at radius 3 is 2.41 bits per heavy atom. The van der Waals surface area contributed by atoms with Crippen molar-refractivity contribution < 1.29 is 18.3 Å². The summed E-state index contributed by atoms with van der Waals surface area (Å²) in [5.74, 6) is 0.161. The van der Waals surface area contributed by atoms with Crippen molar-refractivity contribution in [2.75, 3.05) is 32.1 Å². The van der Waals surface area contributed by atoms with E-state index in [4.69, 9.17) is 9.84 Å². The summed E-state index contributed by atoms with van der Waals surface area (Å²) < 4.78 is 30.7. The predicted octanol–water partition coefficient (Wildman–Crippen LogP) is 0.741. The van der Waals surface area contributed by atoms with Gasteiger partial charge in [-0.2, -0.15) is 0 Å². The van der Waals surface area contributed by atoms with Gasteiger partial charge in [-0.15, -0.1) is 0 Å². The van der Waals surface area contributed by atoms with Crippen molar-refractivity contribution in [1.82, 2.24) is 4.72 Å². The summed E-state index contributed by atoms with van der Waals surface area (Å²) in [6.07, 6.45) is 1.26. The molecular weight excluding hydrogens is 242 g/mol. The van der Waals surface area contributed by atoms with E-state index in [-0.39, 0.29) is 17.8 Å². The molecule has 0 aliphatic rings. The largest absolute Gasteiger partial charge is 0.394 e. The molecule has 6 heteroatoms. The minimum absolute atomic E-state index is 0.00267. The molecule has 0 aromatic rings.